The van der Waals surface area contributed by atoms with Crippen molar-refractivity contribution < 1.29 is 59.3 Å². The van der Waals surface area contributed by atoms with Crippen LogP contribution >= 0.6 is 35.1 Å². The zero-order valence-corrected chi connectivity index (χ0v) is 42.3. The number of ether oxygens (including phenoxy) is 1. The number of carbonyl (C=O) groups excluding carboxylic acids is 2. The number of carbonyl (C=O) groups is 3. The lowest BCUT2D eigenvalue weighted by Crippen LogP contribution is -2.36. The van der Waals surface area contributed by atoms with Crippen LogP contribution in [0.25, 0.3) is 11.1 Å². The third-order valence-corrected chi connectivity index (χ3v) is 16.8. The Morgan fingerprint density at radius 2 is 1.54 bits per heavy atom. The predicted octanol–water partition coefficient (Wildman–Crippen LogP) is 8.62. The molecule has 4 N–H and O–H groups in total. The van der Waals surface area contributed by atoms with E-state index >= 15 is 0 Å². The minimum atomic E-state index is -6.16. The number of aliphatic hydroxyl groups is 1. The van der Waals surface area contributed by atoms with E-state index in [0.717, 1.165) is 51.2 Å². The maximum Gasteiger partial charge on any atom is 0.501 e. The van der Waals surface area contributed by atoms with Crippen LogP contribution in [-0.4, -0.2) is 118 Å². The summed E-state index contributed by atoms with van der Waals surface area (Å²) in [6.45, 7) is 1.68. The number of anilines is 2. The highest BCUT2D eigenvalue weighted by Gasteiger charge is 2.48. The summed E-state index contributed by atoms with van der Waals surface area (Å²) >= 11 is 8.33. The van der Waals surface area contributed by atoms with Crippen LogP contribution in [-0.2, 0) is 34.2 Å². The number of esters is 1. The van der Waals surface area contributed by atoms with E-state index in [1.54, 1.807) is 54.4 Å². The van der Waals surface area contributed by atoms with Gasteiger partial charge in [-0.3, -0.25) is 14.4 Å². The number of aliphatic carboxylic acids is 1. The van der Waals surface area contributed by atoms with Crippen LogP contribution in [0.15, 0.2) is 136 Å². The summed E-state index contributed by atoms with van der Waals surface area (Å²) < 4.78 is 103. The van der Waals surface area contributed by atoms with E-state index in [1.165, 1.54) is 23.9 Å². The largest absolute Gasteiger partial charge is 0.501 e. The molecule has 0 aromatic heterocycles. The van der Waals surface area contributed by atoms with Crippen LogP contribution in [0.3, 0.4) is 0 Å². The Hall–Kier alpha value is -5.29. The number of sulfone groups is 1. The number of thioether (sulfide) groups is 2. The number of hydrogen-bond acceptors (Lipinski definition) is 14. The monoisotopic (exact) mass is 1080 g/mol. The second-order valence-corrected chi connectivity index (χ2v) is 22.7. The van der Waals surface area contributed by atoms with Crippen LogP contribution in [0, 0.1) is 5.92 Å². The van der Waals surface area contributed by atoms with Gasteiger partial charge in [0.05, 0.1) is 28.2 Å². The van der Waals surface area contributed by atoms with Gasteiger partial charge in [0.25, 0.3) is 25.8 Å². The first kappa shape index (κ1) is 55.0. The molecule has 1 fully saturated rings. The number of sulfonamides is 1. The van der Waals surface area contributed by atoms with E-state index in [0.29, 0.717) is 43.6 Å². The van der Waals surface area contributed by atoms with Crippen molar-refractivity contribution in [2.24, 2.45) is 5.92 Å². The minimum absolute atomic E-state index is 0.0264. The molecule has 1 heterocycles. The van der Waals surface area contributed by atoms with Gasteiger partial charge < -0.3 is 30.1 Å². The third-order valence-electron chi connectivity index (χ3n) is 11.6. The summed E-state index contributed by atoms with van der Waals surface area (Å²) in [5.41, 5.74) is -3.03. The quantitative estimate of drug-likeness (QED) is 0.0358. The Kier molecular flexibility index (Phi) is 19.3. The van der Waals surface area contributed by atoms with Crippen molar-refractivity contribution in [1.29, 1.82) is 0 Å². The zero-order chi connectivity index (χ0) is 51.3. The first-order valence-electron chi connectivity index (χ1n) is 22.2. The summed E-state index contributed by atoms with van der Waals surface area (Å²) in [6, 6.07) is 31.7. The van der Waals surface area contributed by atoms with Crippen molar-refractivity contribution >= 4 is 84.2 Å². The average molecular weight is 1080 g/mol. The molecule has 0 radical (unpaired) electrons. The summed E-state index contributed by atoms with van der Waals surface area (Å²) in [5, 5.41) is 23.8. The molecule has 6 rings (SSSR count). The standard InChI is InChI=1S/C49H52ClF3N4O10S4/c1-56(27-28-67-46(60)32-68-31-45(58)59)24-23-37(30-69-39-7-3-2-4-8-39)54-43-20-19-40(29-44(43)70(63,64)49(51,52)53)71(65,66)55-48(62)35-13-17-38(18-14-35)57-25-21-34(22-26-57)47(61)42-10-6-5-9-41(42)33-11-15-36(50)16-12-33/h2-20,29,34,37,47,54,61H,21-28,30-32H2,1H3,(H,55,62)(H,58,59)/t37?,47-/m1/s1. The molecule has 0 aliphatic carbocycles. The summed E-state index contributed by atoms with van der Waals surface area (Å²) in [7, 11) is -9.39. The van der Waals surface area contributed by atoms with Crippen LogP contribution in [0.1, 0.15) is 41.3 Å². The smallest absolute Gasteiger partial charge is 0.481 e. The van der Waals surface area contributed by atoms with Gasteiger partial charge in [-0.1, -0.05) is 66.2 Å². The number of hydrogen-bond donors (Lipinski definition) is 4. The van der Waals surface area contributed by atoms with Gasteiger partial charge in [0.1, 0.15) is 11.5 Å². The fourth-order valence-electron chi connectivity index (χ4n) is 7.77. The van der Waals surface area contributed by atoms with E-state index < -0.39 is 70.8 Å². The zero-order valence-electron chi connectivity index (χ0n) is 38.3. The number of likely N-dealkylation sites (N-methyl/N-ethyl adjacent to an activating group) is 1. The number of benzene rings is 5. The second-order valence-electron chi connectivity index (χ2n) is 16.6. The number of nitrogens with one attached hydrogen (secondary N) is 2. The maximum absolute atomic E-state index is 14.2. The maximum atomic E-state index is 14.2. The lowest BCUT2D eigenvalue weighted by atomic mass is 9.84. The Bertz CT molecular complexity index is 2840. The molecule has 1 aliphatic rings. The second kappa shape index (κ2) is 24.9. The first-order chi connectivity index (χ1) is 33.7. The van der Waals surface area contributed by atoms with Gasteiger partial charge >= 0.3 is 17.4 Å². The van der Waals surface area contributed by atoms with Crippen molar-refractivity contribution in [3.05, 3.63) is 137 Å². The number of carboxylic acid groups (broad SMARTS) is 1. The highest BCUT2D eigenvalue weighted by Crippen LogP contribution is 2.39. The first-order valence-corrected chi connectivity index (χ1v) is 27.7. The number of piperidine rings is 1. The number of aliphatic hydroxyl groups excluding tert-OH is 1. The number of halogens is 4. The number of alkyl halides is 3. The predicted molar refractivity (Wildman–Crippen MR) is 270 cm³/mol. The molecule has 2 atom stereocenters. The van der Waals surface area contributed by atoms with Gasteiger partial charge in [-0.25, -0.2) is 21.6 Å². The number of rotatable bonds is 23. The van der Waals surface area contributed by atoms with Crippen molar-refractivity contribution in [2.45, 2.75) is 51.6 Å². The summed E-state index contributed by atoms with van der Waals surface area (Å²) in [5.74, 6) is -2.99. The molecule has 22 heteroatoms. The van der Waals surface area contributed by atoms with E-state index in [2.05, 4.69) is 10.2 Å². The van der Waals surface area contributed by atoms with Crippen LogP contribution in [0.2, 0.25) is 5.02 Å². The van der Waals surface area contributed by atoms with Crippen molar-refractivity contribution in [1.82, 2.24) is 9.62 Å². The van der Waals surface area contributed by atoms with Gasteiger partial charge in [0.15, 0.2) is 0 Å². The molecule has 5 aromatic rings. The van der Waals surface area contributed by atoms with Crippen molar-refractivity contribution in [2.75, 3.05) is 67.3 Å². The number of carboxylic acids is 1. The van der Waals surface area contributed by atoms with Crippen molar-refractivity contribution in [3.63, 3.8) is 0 Å². The lowest BCUT2D eigenvalue weighted by molar-refractivity contribution is -0.140. The summed E-state index contributed by atoms with van der Waals surface area (Å²) in [6.07, 6.45) is 0.821. The fraction of sp³-hybridized carbons (Fsp3) is 0.327. The molecule has 1 saturated heterocycles. The van der Waals surface area contributed by atoms with Gasteiger partial charge in [0, 0.05) is 52.6 Å². The normalized spacial score (nSPS) is 14.4. The number of nitrogens with zero attached hydrogens (tertiary/aromatic N) is 2. The van der Waals surface area contributed by atoms with Gasteiger partial charge in [0.2, 0.25) is 0 Å². The molecule has 1 amide bonds. The molecule has 71 heavy (non-hydrogen) atoms. The van der Waals surface area contributed by atoms with E-state index in [1.807, 2.05) is 53.3 Å². The Morgan fingerprint density at radius 3 is 2.20 bits per heavy atom. The minimum Gasteiger partial charge on any atom is -0.481 e. The molecule has 14 nitrogen and oxygen atoms in total. The van der Waals surface area contributed by atoms with Crippen LogP contribution in [0.5, 0.6) is 0 Å². The SMILES string of the molecule is CN(CCOC(=O)CSCC(=O)O)CCC(CSc1ccccc1)Nc1ccc(S(=O)(=O)NC(=O)c2ccc(N3CCC([C@@H](O)c4ccccc4-c4ccc(Cl)cc4)CC3)cc2)cc1S(=O)(=O)C(F)(F)F. The Labute approximate surface area is 424 Å². The molecule has 5 aromatic carbocycles. The highest BCUT2D eigenvalue weighted by molar-refractivity contribution is 8.00. The highest BCUT2D eigenvalue weighted by atomic mass is 35.5. The van der Waals surface area contributed by atoms with E-state index in [9.17, 15) is 49.5 Å². The topological polar surface area (TPSA) is 200 Å². The molecule has 0 bridgehead atoms. The van der Waals surface area contributed by atoms with Crippen LogP contribution < -0.4 is 14.9 Å². The van der Waals surface area contributed by atoms with E-state index in [4.69, 9.17) is 21.4 Å². The third kappa shape index (κ3) is 15.4. The molecule has 380 valence electrons. The lowest BCUT2D eigenvalue weighted by Gasteiger charge is -2.36. The Balaban J connectivity index is 1.11. The van der Waals surface area contributed by atoms with Crippen molar-refractivity contribution in [3.8, 4) is 11.1 Å². The molecule has 1 unspecified atom stereocenters. The Morgan fingerprint density at radius 1 is 0.873 bits per heavy atom. The summed E-state index contributed by atoms with van der Waals surface area (Å²) in [4.78, 5) is 38.4. The van der Waals surface area contributed by atoms with Gasteiger partial charge in [-0.05, 0) is 122 Å². The number of amides is 1. The molecular formula is C49H52ClF3N4O10S4. The van der Waals surface area contributed by atoms with Gasteiger partial charge in [-0.2, -0.15) is 13.2 Å². The van der Waals surface area contributed by atoms with Crippen LogP contribution in [0.4, 0.5) is 24.5 Å². The van der Waals surface area contributed by atoms with E-state index in [-0.39, 0.29) is 48.3 Å². The average Bonchev–Trinajstić information content (AvgIpc) is 3.34. The molecular weight excluding hydrogens is 1030 g/mol. The molecule has 0 saturated carbocycles. The fourth-order valence-corrected chi connectivity index (χ4v) is 11.4. The molecule has 0 spiro atoms. The molecule has 1 aliphatic heterocycles. The van der Waals surface area contributed by atoms with Gasteiger partial charge in [-0.15, -0.1) is 23.5 Å².